The SMILES string of the molecule is C#CCN1C(=O)[C@]2(CC(=O)Nc3c2cnn3-c2ccc(C)c(C)c2)c2cccc(C)c21. The first kappa shape index (κ1) is 19.1. The second kappa shape index (κ2) is 6.58. The minimum atomic E-state index is -1.13. The van der Waals surface area contributed by atoms with Crippen molar-refractivity contribution in [1.29, 1.82) is 0 Å². The van der Waals surface area contributed by atoms with Crippen molar-refractivity contribution in [3.8, 4) is 18.0 Å². The number of anilines is 2. The van der Waals surface area contributed by atoms with Crippen LogP contribution in [0, 0.1) is 33.1 Å². The largest absolute Gasteiger partial charge is 0.310 e. The molecule has 1 N–H and O–H groups in total. The highest BCUT2D eigenvalue weighted by molar-refractivity contribution is 6.16. The standard InChI is InChI=1S/C25H22N4O2/c1-5-11-28-22-16(3)7-6-8-19(22)25(24(28)31)13-21(30)27-23-20(25)14-26-29(23)18-10-9-15(2)17(4)12-18/h1,6-10,12,14H,11,13H2,2-4H3,(H,27,30)/t25-/m1/s1. The van der Waals surface area contributed by atoms with Gasteiger partial charge >= 0.3 is 0 Å². The van der Waals surface area contributed by atoms with E-state index in [2.05, 4.69) is 16.3 Å². The maximum Gasteiger partial charge on any atom is 0.243 e. The topological polar surface area (TPSA) is 67.2 Å². The molecule has 3 aromatic rings. The maximum absolute atomic E-state index is 13.8. The number of para-hydroxylation sites is 1. The summed E-state index contributed by atoms with van der Waals surface area (Å²) in [4.78, 5) is 28.4. The highest BCUT2D eigenvalue weighted by Crippen LogP contribution is 2.53. The van der Waals surface area contributed by atoms with Gasteiger partial charge in [0.15, 0.2) is 0 Å². The molecule has 2 aliphatic heterocycles. The van der Waals surface area contributed by atoms with E-state index in [9.17, 15) is 9.59 Å². The molecule has 2 aromatic carbocycles. The Bertz CT molecular complexity index is 1310. The van der Waals surface area contributed by atoms with Crippen molar-refractivity contribution in [1.82, 2.24) is 9.78 Å². The van der Waals surface area contributed by atoms with Crippen LogP contribution in [0.4, 0.5) is 11.5 Å². The summed E-state index contributed by atoms with van der Waals surface area (Å²) in [5.41, 5.74) is 5.25. The average Bonchev–Trinajstić information content (AvgIpc) is 3.25. The van der Waals surface area contributed by atoms with E-state index < -0.39 is 5.41 Å². The molecule has 0 bridgehead atoms. The van der Waals surface area contributed by atoms with Gasteiger partial charge < -0.3 is 5.32 Å². The number of carbonyl (C=O) groups excluding carboxylic acids is 2. The Morgan fingerprint density at radius 3 is 2.65 bits per heavy atom. The first-order valence-corrected chi connectivity index (χ1v) is 10.2. The Labute approximate surface area is 180 Å². The Morgan fingerprint density at radius 1 is 1.10 bits per heavy atom. The number of nitrogens with one attached hydrogen (secondary N) is 1. The molecular formula is C25H22N4O2. The van der Waals surface area contributed by atoms with Crippen LogP contribution in [0.25, 0.3) is 5.69 Å². The molecule has 6 nitrogen and oxygen atoms in total. The van der Waals surface area contributed by atoms with Gasteiger partial charge in [0, 0.05) is 12.0 Å². The molecule has 0 unspecified atom stereocenters. The minimum absolute atomic E-state index is 0.0228. The molecule has 0 aliphatic carbocycles. The van der Waals surface area contributed by atoms with Gasteiger partial charge in [0.05, 0.1) is 24.1 Å². The zero-order valence-corrected chi connectivity index (χ0v) is 17.7. The fraction of sp³-hybridized carbons (Fsp3) is 0.240. The molecule has 0 saturated carbocycles. The number of aryl methyl sites for hydroxylation is 3. The van der Waals surface area contributed by atoms with E-state index in [4.69, 9.17) is 6.42 Å². The number of aromatic nitrogens is 2. The Hall–Kier alpha value is -3.85. The summed E-state index contributed by atoms with van der Waals surface area (Å²) in [6.45, 7) is 6.19. The van der Waals surface area contributed by atoms with Crippen molar-refractivity contribution in [3.63, 3.8) is 0 Å². The van der Waals surface area contributed by atoms with E-state index in [1.54, 1.807) is 15.8 Å². The summed E-state index contributed by atoms with van der Waals surface area (Å²) in [5, 5.41) is 7.54. The molecule has 2 amide bonds. The molecule has 154 valence electrons. The Kier molecular flexibility index (Phi) is 4.06. The lowest BCUT2D eigenvalue weighted by Gasteiger charge is -2.32. The third-order valence-corrected chi connectivity index (χ3v) is 6.47. The van der Waals surface area contributed by atoms with Gasteiger partial charge in [-0.25, -0.2) is 4.68 Å². The minimum Gasteiger partial charge on any atom is -0.310 e. The lowest BCUT2D eigenvalue weighted by molar-refractivity contribution is -0.126. The lowest BCUT2D eigenvalue weighted by atomic mass is 9.71. The number of nitrogens with zero attached hydrogens (tertiary/aromatic N) is 3. The van der Waals surface area contributed by atoms with Gasteiger partial charge in [0.25, 0.3) is 0 Å². The summed E-state index contributed by atoms with van der Waals surface area (Å²) in [7, 11) is 0. The van der Waals surface area contributed by atoms with E-state index in [1.165, 1.54) is 5.56 Å². The number of benzene rings is 2. The fourth-order valence-corrected chi connectivity index (χ4v) is 4.83. The number of hydrogen-bond acceptors (Lipinski definition) is 3. The van der Waals surface area contributed by atoms with E-state index in [0.717, 1.165) is 28.1 Å². The van der Waals surface area contributed by atoms with Gasteiger partial charge in [-0.05, 0) is 55.2 Å². The van der Waals surface area contributed by atoms with E-state index >= 15 is 0 Å². The van der Waals surface area contributed by atoms with Crippen LogP contribution in [0.5, 0.6) is 0 Å². The van der Waals surface area contributed by atoms with Gasteiger partial charge in [-0.2, -0.15) is 5.10 Å². The van der Waals surface area contributed by atoms with Crippen molar-refractivity contribution in [2.45, 2.75) is 32.6 Å². The highest BCUT2D eigenvalue weighted by Gasteiger charge is 2.57. The highest BCUT2D eigenvalue weighted by atomic mass is 16.2. The summed E-state index contributed by atoms with van der Waals surface area (Å²) >= 11 is 0. The number of rotatable bonds is 2. The predicted octanol–water partition coefficient (Wildman–Crippen LogP) is 3.41. The van der Waals surface area contributed by atoms with Crippen molar-refractivity contribution in [2.24, 2.45) is 0 Å². The number of hydrogen-bond donors (Lipinski definition) is 1. The van der Waals surface area contributed by atoms with E-state index in [-0.39, 0.29) is 24.8 Å². The molecule has 0 fully saturated rings. The van der Waals surface area contributed by atoms with Crippen LogP contribution in [0.2, 0.25) is 0 Å². The number of terminal acetylenes is 1. The fourth-order valence-electron chi connectivity index (χ4n) is 4.83. The van der Waals surface area contributed by atoms with Gasteiger partial charge in [-0.1, -0.05) is 30.2 Å². The Morgan fingerprint density at radius 2 is 1.90 bits per heavy atom. The summed E-state index contributed by atoms with van der Waals surface area (Å²) in [5.74, 6) is 2.73. The number of fused-ring (bicyclic) bond motifs is 4. The van der Waals surface area contributed by atoms with Gasteiger partial charge in [-0.3, -0.25) is 14.5 Å². The third-order valence-electron chi connectivity index (χ3n) is 6.47. The maximum atomic E-state index is 13.8. The predicted molar refractivity (Wildman–Crippen MR) is 119 cm³/mol. The molecule has 2 aliphatic rings. The summed E-state index contributed by atoms with van der Waals surface area (Å²) < 4.78 is 1.70. The second-order valence-electron chi connectivity index (χ2n) is 8.28. The number of carbonyl (C=O) groups is 2. The van der Waals surface area contributed by atoms with Crippen molar-refractivity contribution < 1.29 is 9.59 Å². The van der Waals surface area contributed by atoms with Crippen LogP contribution in [-0.2, 0) is 15.0 Å². The third kappa shape index (κ3) is 2.50. The van der Waals surface area contributed by atoms with Crippen molar-refractivity contribution in [2.75, 3.05) is 16.8 Å². The molecule has 31 heavy (non-hydrogen) atoms. The van der Waals surface area contributed by atoms with Crippen LogP contribution in [0.3, 0.4) is 0 Å². The van der Waals surface area contributed by atoms with Gasteiger partial charge in [0.1, 0.15) is 11.2 Å². The molecule has 1 aromatic heterocycles. The van der Waals surface area contributed by atoms with Crippen LogP contribution in [0.1, 0.15) is 34.2 Å². The molecule has 5 rings (SSSR count). The molecule has 0 radical (unpaired) electrons. The van der Waals surface area contributed by atoms with Crippen LogP contribution < -0.4 is 10.2 Å². The summed E-state index contributed by atoms with van der Waals surface area (Å²) in [6, 6.07) is 11.8. The van der Waals surface area contributed by atoms with E-state index in [0.29, 0.717) is 11.4 Å². The second-order valence-corrected chi connectivity index (χ2v) is 8.28. The smallest absolute Gasteiger partial charge is 0.243 e. The molecule has 6 heteroatoms. The van der Waals surface area contributed by atoms with Gasteiger partial charge in [0.2, 0.25) is 11.8 Å². The monoisotopic (exact) mass is 410 g/mol. The molecular weight excluding hydrogens is 388 g/mol. The zero-order valence-electron chi connectivity index (χ0n) is 17.7. The molecule has 1 spiro atoms. The first-order chi connectivity index (χ1) is 14.9. The first-order valence-electron chi connectivity index (χ1n) is 10.2. The zero-order chi connectivity index (χ0) is 21.9. The van der Waals surface area contributed by atoms with Gasteiger partial charge in [-0.15, -0.1) is 6.42 Å². The number of amides is 2. The van der Waals surface area contributed by atoms with Crippen LogP contribution in [0.15, 0.2) is 42.6 Å². The average molecular weight is 410 g/mol. The lowest BCUT2D eigenvalue weighted by Crippen LogP contribution is -2.46. The van der Waals surface area contributed by atoms with Crippen molar-refractivity contribution in [3.05, 3.63) is 70.4 Å². The quantitative estimate of drug-likeness (QED) is 0.659. The van der Waals surface area contributed by atoms with Crippen LogP contribution >= 0.6 is 0 Å². The summed E-state index contributed by atoms with van der Waals surface area (Å²) in [6.07, 6.45) is 7.31. The Balaban J connectivity index is 1.77. The molecule has 0 saturated heterocycles. The molecule has 3 heterocycles. The van der Waals surface area contributed by atoms with Crippen LogP contribution in [-0.4, -0.2) is 28.1 Å². The van der Waals surface area contributed by atoms with Crippen molar-refractivity contribution >= 4 is 23.3 Å². The van der Waals surface area contributed by atoms with E-state index in [1.807, 2.05) is 57.2 Å². The normalized spacial score (nSPS) is 19.2. The molecule has 1 atom stereocenters.